The van der Waals surface area contributed by atoms with Crippen molar-refractivity contribution in [3.8, 4) is 0 Å². The van der Waals surface area contributed by atoms with Crippen LogP contribution in [0.15, 0.2) is 0 Å². The van der Waals surface area contributed by atoms with Crippen LogP contribution >= 0.6 is 0 Å². The summed E-state index contributed by atoms with van der Waals surface area (Å²) in [4.78, 5) is 12.3. The average molecular weight is 165 g/mol. The maximum Gasteiger partial charge on any atom is 0.425 e. The Bertz CT molecular complexity index is 172. The summed E-state index contributed by atoms with van der Waals surface area (Å²) in [5, 5.41) is 0.878. The fraction of sp³-hybridized carbons (Fsp3) is 0.667. The third-order valence-electron chi connectivity index (χ3n) is 0.946. The summed E-state index contributed by atoms with van der Waals surface area (Å²) in [6.07, 6.45) is -0.663. The third-order valence-corrected chi connectivity index (χ3v) is 1.32. The van der Waals surface area contributed by atoms with Crippen molar-refractivity contribution in [3.63, 3.8) is 0 Å². The molecule has 0 bridgehead atoms. The highest BCUT2D eigenvalue weighted by molar-refractivity contribution is 7.77. The number of nitrogens with one attached hydrogen (secondary N) is 1. The topological polar surface area (TPSA) is 81.7 Å². The molecule has 58 valence electrons. The average Bonchev–Trinajstić information content (AvgIpc) is 2.15. The molecule has 1 N–H and O–H groups in total. The van der Waals surface area contributed by atoms with Gasteiger partial charge in [-0.15, -0.1) is 0 Å². The van der Waals surface area contributed by atoms with E-state index in [1.807, 2.05) is 4.83 Å². The number of ether oxygens (including phenoxy) is 1. The van der Waals surface area contributed by atoms with Crippen LogP contribution < -0.4 is 4.83 Å². The summed E-state index contributed by atoms with van der Waals surface area (Å²) in [6.45, 7) is 0.482. The van der Waals surface area contributed by atoms with Crippen LogP contribution in [0, 0.1) is 0 Å². The lowest BCUT2D eigenvalue weighted by Gasteiger charge is -2.14. The fourth-order valence-corrected chi connectivity index (χ4v) is 0.912. The van der Waals surface area contributed by atoms with E-state index in [9.17, 15) is 13.6 Å². The molecule has 6 nitrogen and oxygen atoms in total. The molecule has 1 fully saturated rings. The molecule has 1 rings (SSSR count). The van der Waals surface area contributed by atoms with Crippen molar-refractivity contribution in [2.75, 3.05) is 13.2 Å². The molecular weight excluding hydrogens is 160 g/mol. The number of hydrazine groups is 1. The Morgan fingerprint density at radius 3 is 2.90 bits per heavy atom. The highest BCUT2D eigenvalue weighted by Gasteiger charge is 2.21. The van der Waals surface area contributed by atoms with Crippen LogP contribution in [0.3, 0.4) is 0 Å². The quantitative estimate of drug-likeness (QED) is 0.517. The molecule has 0 saturated carbocycles. The van der Waals surface area contributed by atoms with Crippen LogP contribution in [-0.4, -0.2) is 33.0 Å². The Hall–Kier alpha value is -0.660. The number of nitrogens with zero attached hydrogens (tertiary/aromatic N) is 1. The van der Waals surface area contributed by atoms with Crippen LogP contribution in [-0.2, 0) is 16.0 Å². The second kappa shape index (κ2) is 2.95. The first-order valence-electron chi connectivity index (χ1n) is 2.50. The molecule has 1 aliphatic rings. The number of hydrogen-bond acceptors (Lipinski definition) is 4. The molecule has 7 heteroatoms. The number of rotatable bonds is 2. The maximum absolute atomic E-state index is 10.5. The molecule has 0 aromatic rings. The van der Waals surface area contributed by atoms with Gasteiger partial charge >= 0.3 is 6.09 Å². The number of carbonyl (C=O) groups is 1. The zero-order chi connectivity index (χ0) is 7.56. The molecule has 1 atom stereocenters. The summed E-state index contributed by atoms with van der Waals surface area (Å²) in [7, 11) is 0. The summed E-state index contributed by atoms with van der Waals surface area (Å²) in [6, 6.07) is 0. The van der Waals surface area contributed by atoms with E-state index in [4.69, 9.17) is 0 Å². The monoisotopic (exact) mass is 165 g/mol. The molecule has 1 amide bonds. The third kappa shape index (κ3) is 1.66. The van der Waals surface area contributed by atoms with Crippen molar-refractivity contribution in [2.24, 2.45) is 0 Å². The van der Waals surface area contributed by atoms with Gasteiger partial charge in [-0.2, -0.15) is 4.83 Å². The lowest BCUT2D eigenvalue weighted by atomic mass is 10.7. The van der Waals surface area contributed by atoms with Gasteiger partial charge in [0.1, 0.15) is 6.61 Å². The van der Waals surface area contributed by atoms with Gasteiger partial charge in [-0.05, 0) is 0 Å². The Morgan fingerprint density at radius 1 is 1.80 bits per heavy atom. The number of carbonyl (C=O) groups excluding carboxylic acids is 1. The van der Waals surface area contributed by atoms with E-state index in [1.54, 1.807) is 0 Å². The van der Waals surface area contributed by atoms with E-state index in [1.165, 1.54) is 0 Å². The van der Waals surface area contributed by atoms with Gasteiger partial charge in [0, 0.05) is 11.3 Å². The van der Waals surface area contributed by atoms with Gasteiger partial charge in [0.25, 0.3) is 0 Å². The van der Waals surface area contributed by atoms with E-state index in [0.717, 1.165) is 5.01 Å². The second-order valence-corrected chi connectivity index (χ2v) is 2.24. The van der Waals surface area contributed by atoms with Gasteiger partial charge in [0.05, 0.1) is 6.54 Å². The molecule has 1 aliphatic heterocycles. The predicted molar refractivity (Wildman–Crippen MR) is 30.1 cm³/mol. The minimum absolute atomic E-state index is 0.225. The highest BCUT2D eigenvalue weighted by Crippen LogP contribution is 1.98. The van der Waals surface area contributed by atoms with E-state index >= 15 is 0 Å². The SMILES string of the molecule is O=C1OCCN1NS(=O)[O-]. The smallest absolute Gasteiger partial charge is 0.425 e. The molecule has 1 heterocycles. The van der Waals surface area contributed by atoms with Crippen molar-refractivity contribution in [2.45, 2.75) is 0 Å². The summed E-state index contributed by atoms with van der Waals surface area (Å²) in [5.41, 5.74) is 0. The van der Waals surface area contributed by atoms with Crippen LogP contribution in [0.5, 0.6) is 0 Å². The molecule has 10 heavy (non-hydrogen) atoms. The first-order valence-corrected chi connectivity index (χ1v) is 3.57. The molecule has 1 unspecified atom stereocenters. The van der Waals surface area contributed by atoms with E-state index in [0.29, 0.717) is 0 Å². The molecule has 0 spiro atoms. The predicted octanol–water partition coefficient (Wildman–Crippen LogP) is -1.26. The van der Waals surface area contributed by atoms with Crippen molar-refractivity contribution >= 4 is 17.4 Å². The zero-order valence-corrected chi connectivity index (χ0v) is 5.72. The van der Waals surface area contributed by atoms with Gasteiger partial charge in [-0.1, -0.05) is 0 Å². The van der Waals surface area contributed by atoms with Gasteiger partial charge in [0.15, 0.2) is 0 Å². The molecule has 0 aromatic carbocycles. The molecule has 0 aromatic heterocycles. The summed E-state index contributed by atoms with van der Waals surface area (Å²) >= 11 is -2.45. The second-order valence-electron chi connectivity index (χ2n) is 1.59. The normalized spacial score (nSPS) is 20.9. The van der Waals surface area contributed by atoms with Crippen LogP contribution in [0.25, 0.3) is 0 Å². The Morgan fingerprint density at radius 2 is 2.50 bits per heavy atom. The summed E-state index contributed by atoms with van der Waals surface area (Å²) in [5.74, 6) is 0. The van der Waals surface area contributed by atoms with Crippen molar-refractivity contribution in [1.82, 2.24) is 9.84 Å². The van der Waals surface area contributed by atoms with Crippen LogP contribution in [0.1, 0.15) is 0 Å². The Labute approximate surface area is 59.5 Å². The first kappa shape index (κ1) is 7.45. The minimum Gasteiger partial charge on any atom is -0.759 e. The van der Waals surface area contributed by atoms with Crippen LogP contribution in [0.4, 0.5) is 4.79 Å². The Kier molecular flexibility index (Phi) is 2.20. The van der Waals surface area contributed by atoms with Crippen molar-refractivity contribution in [3.05, 3.63) is 0 Å². The minimum atomic E-state index is -2.45. The Balaban J connectivity index is 2.40. The van der Waals surface area contributed by atoms with Gasteiger partial charge < -0.3 is 9.29 Å². The highest BCUT2D eigenvalue weighted by atomic mass is 32.2. The molecule has 0 aliphatic carbocycles. The number of hydrogen-bond donors (Lipinski definition) is 1. The number of cyclic esters (lactones) is 1. The van der Waals surface area contributed by atoms with Gasteiger partial charge in [0.2, 0.25) is 0 Å². The van der Waals surface area contributed by atoms with Crippen molar-refractivity contribution in [1.29, 1.82) is 0 Å². The summed E-state index contributed by atoms with van der Waals surface area (Å²) < 4.78 is 24.3. The maximum atomic E-state index is 10.5. The molecular formula is C3H5N2O4S-. The fourth-order valence-electron chi connectivity index (χ4n) is 0.566. The van der Waals surface area contributed by atoms with Crippen LogP contribution in [0.2, 0.25) is 0 Å². The molecule has 1 saturated heterocycles. The lowest BCUT2D eigenvalue weighted by Crippen LogP contribution is -2.39. The zero-order valence-electron chi connectivity index (χ0n) is 4.90. The number of amides is 1. The first-order chi connectivity index (χ1) is 4.70. The van der Waals surface area contributed by atoms with Gasteiger partial charge in [-0.3, -0.25) is 4.21 Å². The van der Waals surface area contributed by atoms with Crippen molar-refractivity contribution < 1.29 is 18.3 Å². The van der Waals surface area contributed by atoms with E-state index in [2.05, 4.69) is 4.74 Å². The molecule has 0 radical (unpaired) electrons. The standard InChI is InChI=1S/C3H6N2O4S/c6-3-5(1-2-9-3)4-10(7)8/h4H,1-2H2,(H,7,8)/p-1. The van der Waals surface area contributed by atoms with E-state index < -0.39 is 17.4 Å². The van der Waals surface area contributed by atoms with Gasteiger partial charge in [-0.25, -0.2) is 9.80 Å². The largest absolute Gasteiger partial charge is 0.759 e. The van der Waals surface area contributed by atoms with E-state index in [-0.39, 0.29) is 13.2 Å². The lowest BCUT2D eigenvalue weighted by molar-refractivity contribution is 0.153.